The van der Waals surface area contributed by atoms with E-state index in [2.05, 4.69) is 10.2 Å². The number of hydrogen-bond acceptors (Lipinski definition) is 5. The predicted molar refractivity (Wildman–Crippen MR) is 103 cm³/mol. The molecule has 0 spiro atoms. The van der Waals surface area contributed by atoms with Crippen LogP contribution in [0.1, 0.15) is 16.1 Å². The molecule has 1 aliphatic heterocycles. The number of carbonyl (C=O) groups excluding carboxylic acids is 1. The molecule has 0 aliphatic carbocycles. The van der Waals surface area contributed by atoms with E-state index in [4.69, 9.17) is 5.41 Å². The summed E-state index contributed by atoms with van der Waals surface area (Å²) in [5, 5.41) is 13.5. The monoisotopic (exact) mass is 354 g/mol. The number of carbonyl (C=O) groups is 1. The highest BCUT2D eigenvalue weighted by atomic mass is 32.1. The van der Waals surface area contributed by atoms with Gasteiger partial charge in [-0.1, -0.05) is 24.3 Å². The molecule has 0 saturated carbocycles. The molecule has 6 heteroatoms. The average molecular weight is 354 g/mol. The second kappa shape index (κ2) is 8.09. The standard InChI is InChI=1S/C19H22N4OS/c1-22-12-10-16(14-22)23(19(24)17-8-5-13-25-17)18(20)9-11-21-15-6-3-2-4-7-15/h2-9,11,13,16,20-21H,10,12,14H2,1H3/b11-9-,20-18?. The molecule has 5 nitrogen and oxygen atoms in total. The summed E-state index contributed by atoms with van der Waals surface area (Å²) < 4.78 is 0. The highest BCUT2D eigenvalue weighted by Crippen LogP contribution is 2.20. The first-order valence-corrected chi connectivity index (χ1v) is 9.15. The van der Waals surface area contributed by atoms with E-state index in [1.165, 1.54) is 11.3 Å². The van der Waals surface area contributed by atoms with E-state index in [0.29, 0.717) is 4.88 Å². The van der Waals surface area contributed by atoms with Crippen LogP contribution in [0.25, 0.3) is 0 Å². The minimum absolute atomic E-state index is 0.0356. The zero-order valence-electron chi connectivity index (χ0n) is 14.2. The molecule has 1 unspecified atom stereocenters. The van der Waals surface area contributed by atoms with Crippen molar-refractivity contribution in [2.75, 3.05) is 25.5 Å². The molecule has 0 radical (unpaired) electrons. The Kier molecular flexibility index (Phi) is 5.63. The van der Waals surface area contributed by atoms with Gasteiger partial charge in [0, 0.05) is 18.4 Å². The van der Waals surface area contributed by atoms with Crippen molar-refractivity contribution in [1.29, 1.82) is 5.41 Å². The van der Waals surface area contributed by atoms with E-state index in [9.17, 15) is 4.79 Å². The largest absolute Gasteiger partial charge is 0.362 e. The van der Waals surface area contributed by atoms with Crippen LogP contribution in [0.4, 0.5) is 5.69 Å². The number of benzene rings is 1. The quantitative estimate of drug-likeness (QED) is 0.638. The van der Waals surface area contributed by atoms with Gasteiger partial charge in [0.25, 0.3) is 5.91 Å². The van der Waals surface area contributed by atoms with Gasteiger partial charge in [-0.05, 0) is 49.7 Å². The number of hydrogen-bond donors (Lipinski definition) is 2. The summed E-state index contributed by atoms with van der Waals surface area (Å²) in [7, 11) is 2.05. The summed E-state index contributed by atoms with van der Waals surface area (Å²) in [4.78, 5) is 17.4. The minimum Gasteiger partial charge on any atom is -0.362 e. The van der Waals surface area contributed by atoms with Crippen LogP contribution in [0.3, 0.4) is 0 Å². The smallest absolute Gasteiger partial charge is 0.269 e. The van der Waals surface area contributed by atoms with E-state index in [1.54, 1.807) is 17.2 Å². The van der Waals surface area contributed by atoms with E-state index >= 15 is 0 Å². The van der Waals surface area contributed by atoms with E-state index in [0.717, 1.165) is 25.2 Å². The van der Waals surface area contributed by atoms with Crippen molar-refractivity contribution in [3.05, 3.63) is 65.0 Å². The van der Waals surface area contributed by atoms with Crippen LogP contribution in [-0.2, 0) is 0 Å². The number of nitrogens with zero attached hydrogens (tertiary/aromatic N) is 2. The number of likely N-dealkylation sites (tertiary alicyclic amines) is 1. The van der Waals surface area contributed by atoms with Crippen LogP contribution in [0.5, 0.6) is 0 Å². The van der Waals surface area contributed by atoms with E-state index < -0.39 is 0 Å². The van der Waals surface area contributed by atoms with Crippen LogP contribution < -0.4 is 5.32 Å². The number of amides is 1. The molecule has 1 aromatic heterocycles. The van der Waals surface area contributed by atoms with Crippen molar-refractivity contribution in [1.82, 2.24) is 9.80 Å². The number of likely N-dealkylation sites (N-methyl/N-ethyl adjacent to an activating group) is 1. The Bertz CT molecular complexity index is 742. The Labute approximate surface area is 152 Å². The van der Waals surface area contributed by atoms with Gasteiger partial charge in [0.2, 0.25) is 0 Å². The molecule has 1 saturated heterocycles. The molecule has 1 amide bonds. The third-order valence-corrected chi connectivity index (χ3v) is 5.06. The zero-order valence-corrected chi connectivity index (χ0v) is 15.0. The lowest BCUT2D eigenvalue weighted by molar-refractivity contribution is 0.0810. The summed E-state index contributed by atoms with van der Waals surface area (Å²) in [6.07, 6.45) is 4.25. The number of nitrogens with one attached hydrogen (secondary N) is 2. The zero-order chi connectivity index (χ0) is 17.6. The molecule has 1 fully saturated rings. The van der Waals surface area contributed by atoms with Crippen molar-refractivity contribution < 1.29 is 4.79 Å². The van der Waals surface area contributed by atoms with Crippen molar-refractivity contribution in [3.8, 4) is 0 Å². The van der Waals surface area contributed by atoms with Crippen molar-refractivity contribution >= 4 is 28.8 Å². The lowest BCUT2D eigenvalue weighted by Crippen LogP contribution is -2.44. The van der Waals surface area contributed by atoms with Gasteiger partial charge in [-0.3, -0.25) is 15.1 Å². The summed E-state index contributed by atoms with van der Waals surface area (Å²) in [5.41, 5.74) is 0.947. The first-order chi connectivity index (χ1) is 12.1. The molecule has 2 N–H and O–H groups in total. The second-order valence-electron chi connectivity index (χ2n) is 6.09. The maximum atomic E-state index is 12.9. The maximum Gasteiger partial charge on any atom is 0.269 e. The molecule has 1 aromatic carbocycles. The molecular formula is C19H22N4OS. The van der Waals surface area contributed by atoms with Crippen LogP contribution in [-0.4, -0.2) is 47.7 Å². The molecule has 0 bridgehead atoms. The third kappa shape index (κ3) is 4.35. The fourth-order valence-corrected chi connectivity index (χ4v) is 3.60. The first-order valence-electron chi connectivity index (χ1n) is 8.27. The molecule has 130 valence electrons. The Morgan fingerprint density at radius 1 is 1.32 bits per heavy atom. The molecule has 3 rings (SSSR count). The molecule has 25 heavy (non-hydrogen) atoms. The molecule has 2 aromatic rings. The van der Waals surface area contributed by atoms with Gasteiger partial charge in [0.15, 0.2) is 0 Å². The topological polar surface area (TPSA) is 59.4 Å². The number of thiophene rings is 1. The normalized spacial score (nSPS) is 17.7. The Morgan fingerprint density at radius 3 is 2.76 bits per heavy atom. The third-order valence-electron chi connectivity index (χ3n) is 4.21. The van der Waals surface area contributed by atoms with Gasteiger partial charge in [-0.25, -0.2) is 0 Å². The summed E-state index contributed by atoms with van der Waals surface area (Å²) in [6.45, 7) is 1.73. The Balaban J connectivity index is 1.74. The first kappa shape index (κ1) is 17.4. The highest BCUT2D eigenvalue weighted by molar-refractivity contribution is 7.12. The maximum absolute atomic E-state index is 12.9. The second-order valence-corrected chi connectivity index (χ2v) is 7.03. The van der Waals surface area contributed by atoms with Gasteiger partial charge in [0.1, 0.15) is 5.84 Å². The van der Waals surface area contributed by atoms with Crippen molar-refractivity contribution in [2.24, 2.45) is 0 Å². The summed E-state index contributed by atoms with van der Waals surface area (Å²) >= 11 is 1.42. The molecular weight excluding hydrogens is 332 g/mol. The molecule has 1 atom stereocenters. The summed E-state index contributed by atoms with van der Waals surface area (Å²) in [5.74, 6) is 0.117. The Hall–Kier alpha value is -2.44. The number of rotatable bonds is 5. The van der Waals surface area contributed by atoms with Crippen LogP contribution in [0, 0.1) is 5.41 Å². The lowest BCUT2D eigenvalue weighted by atomic mass is 10.2. The van der Waals surface area contributed by atoms with Crippen LogP contribution >= 0.6 is 11.3 Å². The van der Waals surface area contributed by atoms with Crippen LogP contribution in [0.15, 0.2) is 60.1 Å². The van der Waals surface area contributed by atoms with Gasteiger partial charge in [-0.2, -0.15) is 0 Å². The van der Waals surface area contributed by atoms with Crippen LogP contribution in [0.2, 0.25) is 0 Å². The van der Waals surface area contributed by atoms with Crippen molar-refractivity contribution in [2.45, 2.75) is 12.5 Å². The fourth-order valence-electron chi connectivity index (χ4n) is 2.94. The van der Waals surface area contributed by atoms with Crippen molar-refractivity contribution in [3.63, 3.8) is 0 Å². The molecule has 1 aliphatic rings. The van der Waals surface area contributed by atoms with Gasteiger partial charge >= 0.3 is 0 Å². The SMILES string of the molecule is CN1CCC(N(C(=N)/C=C\Nc2ccccc2)C(=O)c2cccs2)C1. The van der Waals surface area contributed by atoms with Gasteiger partial charge < -0.3 is 10.2 Å². The lowest BCUT2D eigenvalue weighted by Gasteiger charge is -2.27. The van der Waals surface area contributed by atoms with E-state index in [1.807, 2.05) is 54.9 Å². The average Bonchev–Trinajstić information content (AvgIpc) is 3.28. The predicted octanol–water partition coefficient (Wildman–Crippen LogP) is 3.50. The van der Waals surface area contributed by atoms with Gasteiger partial charge in [0.05, 0.1) is 10.9 Å². The molecule has 2 heterocycles. The number of amidine groups is 1. The highest BCUT2D eigenvalue weighted by Gasteiger charge is 2.32. The van der Waals surface area contributed by atoms with Gasteiger partial charge in [-0.15, -0.1) is 11.3 Å². The van der Waals surface area contributed by atoms with E-state index in [-0.39, 0.29) is 17.8 Å². The summed E-state index contributed by atoms with van der Waals surface area (Å²) in [6, 6.07) is 13.5. The fraction of sp³-hybridized carbons (Fsp3) is 0.263. The Morgan fingerprint density at radius 2 is 2.12 bits per heavy atom. The number of para-hydroxylation sites is 1. The number of anilines is 1. The minimum atomic E-state index is -0.0929.